The van der Waals surface area contributed by atoms with Crippen molar-refractivity contribution in [1.29, 1.82) is 0 Å². The van der Waals surface area contributed by atoms with E-state index in [2.05, 4.69) is 150 Å². The fraction of sp³-hybridized carbons (Fsp3) is 0.400. The van der Waals surface area contributed by atoms with Crippen LogP contribution in [0.1, 0.15) is 79.0 Å². The van der Waals surface area contributed by atoms with Gasteiger partial charge in [-0.25, -0.2) is 0 Å². The Morgan fingerprint density at radius 1 is 0.500 bits per heavy atom. The van der Waals surface area contributed by atoms with Gasteiger partial charge in [-0.3, -0.25) is 0 Å². The zero-order chi connectivity index (χ0) is 23.9. The van der Waals surface area contributed by atoms with E-state index in [0.29, 0.717) is 0 Å². The van der Waals surface area contributed by atoms with Crippen LogP contribution in [0, 0.1) is 0 Å². The Morgan fingerprint density at radius 3 is 1.16 bits per heavy atom. The molecule has 0 fully saturated rings. The topological polar surface area (TPSA) is 3.24 Å². The van der Waals surface area contributed by atoms with Crippen LogP contribution in [0.4, 0.5) is 17.1 Å². The summed E-state index contributed by atoms with van der Waals surface area (Å²) in [5.74, 6) is 0. The maximum absolute atomic E-state index is 3.89. The van der Waals surface area contributed by atoms with Crippen LogP contribution in [0.25, 0.3) is 0 Å². The molecule has 0 N–H and O–H groups in total. The zero-order valence-electron chi connectivity index (χ0n) is 21.2. The van der Waals surface area contributed by atoms with Crippen LogP contribution in [0.2, 0.25) is 0 Å². The summed E-state index contributed by atoms with van der Waals surface area (Å²) in [4.78, 5) is 2.34. The molecular formula is C30H38BrN. The van der Waals surface area contributed by atoms with Gasteiger partial charge in [-0.05, 0) is 85.3 Å². The Kier molecular flexibility index (Phi) is 6.69. The van der Waals surface area contributed by atoms with Crippen molar-refractivity contribution in [3.05, 3.63) is 87.9 Å². The highest BCUT2D eigenvalue weighted by Crippen LogP contribution is 2.41. The summed E-state index contributed by atoms with van der Waals surface area (Å²) in [7, 11) is 0. The molecule has 0 spiro atoms. The minimum Gasteiger partial charge on any atom is -0.309 e. The fourth-order valence-electron chi connectivity index (χ4n) is 3.80. The van der Waals surface area contributed by atoms with Gasteiger partial charge < -0.3 is 4.90 Å². The molecule has 0 saturated carbocycles. The van der Waals surface area contributed by atoms with Gasteiger partial charge in [0.25, 0.3) is 0 Å². The van der Waals surface area contributed by atoms with Crippen molar-refractivity contribution in [3.8, 4) is 0 Å². The van der Waals surface area contributed by atoms with E-state index in [4.69, 9.17) is 0 Å². The van der Waals surface area contributed by atoms with Crippen LogP contribution >= 0.6 is 15.9 Å². The Morgan fingerprint density at radius 2 is 0.844 bits per heavy atom. The molecule has 0 saturated heterocycles. The van der Waals surface area contributed by atoms with Gasteiger partial charge in [-0.15, -0.1) is 0 Å². The maximum Gasteiger partial charge on any atom is 0.0603 e. The summed E-state index contributed by atoms with van der Waals surface area (Å²) in [5, 5.41) is 0. The molecule has 0 heterocycles. The SMILES string of the molecule is CC(C)(C)c1ccc(N(c2ccc(C(C)(C)C)cc2)c2ccc(C(C)(C)C)cc2Br)cc1. The summed E-state index contributed by atoms with van der Waals surface area (Å²) >= 11 is 3.89. The summed E-state index contributed by atoms with van der Waals surface area (Å²) in [5.41, 5.74) is 7.83. The van der Waals surface area contributed by atoms with Crippen molar-refractivity contribution in [2.75, 3.05) is 4.90 Å². The first-order valence-corrected chi connectivity index (χ1v) is 12.3. The van der Waals surface area contributed by atoms with E-state index >= 15 is 0 Å². The molecule has 3 rings (SSSR count). The van der Waals surface area contributed by atoms with Gasteiger partial charge in [0, 0.05) is 15.8 Å². The maximum atomic E-state index is 3.89. The number of benzene rings is 3. The highest BCUT2D eigenvalue weighted by molar-refractivity contribution is 9.10. The van der Waals surface area contributed by atoms with Gasteiger partial charge >= 0.3 is 0 Å². The lowest BCUT2D eigenvalue weighted by Gasteiger charge is -2.29. The smallest absolute Gasteiger partial charge is 0.0603 e. The average Bonchev–Trinajstić information content (AvgIpc) is 2.68. The van der Waals surface area contributed by atoms with E-state index < -0.39 is 0 Å². The predicted molar refractivity (Wildman–Crippen MR) is 145 cm³/mol. The summed E-state index contributed by atoms with van der Waals surface area (Å²) in [6.45, 7) is 20.3. The van der Waals surface area contributed by atoms with E-state index in [0.717, 1.165) is 21.5 Å². The number of anilines is 3. The van der Waals surface area contributed by atoms with Crippen molar-refractivity contribution in [3.63, 3.8) is 0 Å². The molecule has 0 radical (unpaired) electrons. The Bertz CT molecular complexity index is 999. The molecule has 0 aliphatic rings. The third-order valence-electron chi connectivity index (χ3n) is 6.04. The Balaban J connectivity index is 2.14. The molecule has 0 bridgehead atoms. The van der Waals surface area contributed by atoms with Crippen LogP contribution < -0.4 is 4.90 Å². The number of nitrogens with zero attached hydrogens (tertiary/aromatic N) is 1. The molecule has 32 heavy (non-hydrogen) atoms. The predicted octanol–water partition coefficient (Wildman–Crippen LogP) is 9.81. The van der Waals surface area contributed by atoms with E-state index in [1.165, 1.54) is 16.7 Å². The summed E-state index contributed by atoms with van der Waals surface area (Å²) < 4.78 is 1.10. The second-order valence-corrected chi connectivity index (χ2v) is 12.7. The van der Waals surface area contributed by atoms with Gasteiger partial charge in [-0.2, -0.15) is 0 Å². The normalized spacial score (nSPS) is 12.7. The monoisotopic (exact) mass is 491 g/mol. The van der Waals surface area contributed by atoms with Crippen LogP contribution in [0.3, 0.4) is 0 Å². The molecule has 0 atom stereocenters. The molecule has 3 aromatic carbocycles. The molecule has 0 aliphatic heterocycles. The third kappa shape index (κ3) is 5.46. The molecule has 0 amide bonds. The van der Waals surface area contributed by atoms with E-state index in [1.807, 2.05) is 0 Å². The quantitative estimate of drug-likeness (QED) is 0.352. The van der Waals surface area contributed by atoms with Crippen molar-refractivity contribution < 1.29 is 0 Å². The first-order valence-electron chi connectivity index (χ1n) is 11.5. The average molecular weight is 493 g/mol. The molecule has 1 nitrogen and oxygen atoms in total. The van der Waals surface area contributed by atoms with E-state index in [-0.39, 0.29) is 16.2 Å². The molecule has 170 valence electrons. The van der Waals surface area contributed by atoms with Crippen LogP contribution in [-0.2, 0) is 16.2 Å². The van der Waals surface area contributed by atoms with Crippen LogP contribution in [0.15, 0.2) is 71.2 Å². The Labute approximate surface area is 204 Å². The summed E-state index contributed by atoms with van der Waals surface area (Å²) in [6.07, 6.45) is 0. The fourth-order valence-corrected chi connectivity index (χ4v) is 4.36. The van der Waals surface area contributed by atoms with Gasteiger partial charge in [0.1, 0.15) is 0 Å². The number of hydrogen-bond donors (Lipinski definition) is 0. The highest BCUT2D eigenvalue weighted by atomic mass is 79.9. The lowest BCUT2D eigenvalue weighted by Crippen LogP contribution is -2.15. The highest BCUT2D eigenvalue weighted by Gasteiger charge is 2.21. The zero-order valence-corrected chi connectivity index (χ0v) is 22.8. The molecule has 0 aromatic heterocycles. The van der Waals surface area contributed by atoms with E-state index in [9.17, 15) is 0 Å². The van der Waals surface area contributed by atoms with Crippen molar-refractivity contribution >= 4 is 33.0 Å². The first-order chi connectivity index (χ1) is 14.7. The third-order valence-corrected chi connectivity index (χ3v) is 6.67. The van der Waals surface area contributed by atoms with Gasteiger partial charge in [0.05, 0.1) is 5.69 Å². The molecule has 0 aliphatic carbocycles. The van der Waals surface area contributed by atoms with Crippen molar-refractivity contribution in [2.24, 2.45) is 0 Å². The number of hydrogen-bond acceptors (Lipinski definition) is 1. The molecular weight excluding hydrogens is 454 g/mol. The van der Waals surface area contributed by atoms with E-state index in [1.54, 1.807) is 0 Å². The van der Waals surface area contributed by atoms with Crippen LogP contribution in [-0.4, -0.2) is 0 Å². The molecule has 3 aromatic rings. The number of halogens is 1. The van der Waals surface area contributed by atoms with Crippen molar-refractivity contribution in [1.82, 2.24) is 0 Å². The minimum atomic E-state index is 0.106. The van der Waals surface area contributed by atoms with Crippen molar-refractivity contribution in [2.45, 2.75) is 78.6 Å². The van der Waals surface area contributed by atoms with Crippen LogP contribution in [0.5, 0.6) is 0 Å². The molecule has 2 heteroatoms. The largest absolute Gasteiger partial charge is 0.309 e. The lowest BCUT2D eigenvalue weighted by molar-refractivity contribution is 0.590. The van der Waals surface area contributed by atoms with Gasteiger partial charge in [0.15, 0.2) is 0 Å². The first kappa shape index (κ1) is 24.6. The standard InChI is InChI=1S/C30H38BrN/c1-28(2,3)21-10-15-24(16-11-21)32(25-17-12-22(13-18-25)29(4,5)6)27-19-14-23(20-26(27)31)30(7,8)9/h10-20H,1-9H3. The minimum absolute atomic E-state index is 0.106. The summed E-state index contributed by atoms with van der Waals surface area (Å²) in [6, 6.07) is 24.7. The Hall–Kier alpha value is -2.06. The van der Waals surface area contributed by atoms with Gasteiger partial charge in [-0.1, -0.05) is 92.6 Å². The number of rotatable bonds is 3. The lowest BCUT2D eigenvalue weighted by atomic mass is 9.86. The molecule has 0 unspecified atom stereocenters. The second kappa shape index (κ2) is 8.71. The second-order valence-electron chi connectivity index (χ2n) is 11.8. The van der Waals surface area contributed by atoms with Gasteiger partial charge in [0.2, 0.25) is 0 Å².